The van der Waals surface area contributed by atoms with Gasteiger partial charge in [0.2, 0.25) is 5.91 Å². The van der Waals surface area contributed by atoms with Gasteiger partial charge < -0.3 is 10.1 Å². The Morgan fingerprint density at radius 2 is 1.88 bits per heavy atom. The van der Waals surface area contributed by atoms with Crippen molar-refractivity contribution in [1.29, 1.82) is 0 Å². The number of hydrogen-bond donors (Lipinski definition) is 1. The van der Waals surface area contributed by atoms with Crippen LogP contribution in [0.3, 0.4) is 0 Å². The van der Waals surface area contributed by atoms with E-state index in [1.807, 2.05) is 17.5 Å². The molecule has 1 atom stereocenters. The Morgan fingerprint density at radius 3 is 2.56 bits per heavy atom. The molecule has 134 valence electrons. The highest BCUT2D eigenvalue weighted by Crippen LogP contribution is 2.25. The summed E-state index contributed by atoms with van der Waals surface area (Å²) in [4.78, 5) is 28.5. The molecule has 5 nitrogen and oxygen atoms in total. The van der Waals surface area contributed by atoms with Gasteiger partial charge in [-0.15, -0.1) is 22.7 Å². The number of carbonyl (C=O) groups is 2. The Balaban J connectivity index is 1.50. The van der Waals surface area contributed by atoms with Gasteiger partial charge in [0, 0.05) is 37.4 Å². The van der Waals surface area contributed by atoms with E-state index in [4.69, 9.17) is 4.74 Å². The van der Waals surface area contributed by atoms with E-state index >= 15 is 0 Å². The first kappa shape index (κ1) is 18.3. The predicted octanol–water partition coefficient (Wildman–Crippen LogP) is 2.96. The number of hydrogen-bond acceptors (Lipinski definition) is 6. The van der Waals surface area contributed by atoms with Crippen LogP contribution in [-0.2, 0) is 9.53 Å². The van der Waals surface area contributed by atoms with E-state index in [-0.39, 0.29) is 30.6 Å². The topological polar surface area (TPSA) is 58.6 Å². The number of ketones is 1. The summed E-state index contributed by atoms with van der Waals surface area (Å²) in [6.45, 7) is 3.76. The average molecular weight is 379 g/mol. The Kier molecular flexibility index (Phi) is 6.75. The van der Waals surface area contributed by atoms with Crippen LogP contribution < -0.4 is 5.32 Å². The SMILES string of the molecule is O=C(CCC(=O)c1cccs1)NC[C@H](c1cccs1)N1CCOCC1. The Morgan fingerprint density at radius 1 is 1.12 bits per heavy atom. The van der Waals surface area contributed by atoms with Crippen LogP contribution in [-0.4, -0.2) is 49.4 Å². The highest BCUT2D eigenvalue weighted by molar-refractivity contribution is 7.12. The standard InChI is InChI=1S/C18H22N2O3S2/c21-15(17-4-2-12-25-17)5-6-18(22)19-13-14(16-3-1-11-24-16)20-7-9-23-10-8-20/h1-4,11-12,14H,5-10,13H2,(H,19,22)/t14-/m1/s1. The number of thiophene rings is 2. The van der Waals surface area contributed by atoms with Gasteiger partial charge in [0.15, 0.2) is 5.78 Å². The number of carbonyl (C=O) groups excluding carboxylic acids is 2. The largest absolute Gasteiger partial charge is 0.379 e. The summed E-state index contributed by atoms with van der Waals surface area (Å²) in [5.41, 5.74) is 0. The molecule has 7 heteroatoms. The van der Waals surface area contributed by atoms with Crippen LogP contribution in [0, 0.1) is 0 Å². The van der Waals surface area contributed by atoms with E-state index in [0.717, 1.165) is 31.2 Å². The molecule has 0 aromatic carbocycles. The van der Waals surface area contributed by atoms with Crippen molar-refractivity contribution in [2.24, 2.45) is 0 Å². The van der Waals surface area contributed by atoms with Crippen molar-refractivity contribution in [1.82, 2.24) is 10.2 Å². The molecule has 0 saturated carbocycles. The van der Waals surface area contributed by atoms with Gasteiger partial charge in [-0.25, -0.2) is 0 Å². The van der Waals surface area contributed by atoms with Crippen molar-refractivity contribution in [3.05, 3.63) is 44.8 Å². The number of nitrogens with zero attached hydrogens (tertiary/aromatic N) is 1. The maximum atomic E-state index is 12.2. The molecule has 0 spiro atoms. The van der Waals surface area contributed by atoms with Crippen molar-refractivity contribution < 1.29 is 14.3 Å². The van der Waals surface area contributed by atoms with Crippen LogP contribution in [0.5, 0.6) is 0 Å². The van der Waals surface area contributed by atoms with Crippen LogP contribution in [0.1, 0.15) is 33.4 Å². The average Bonchev–Trinajstić information content (AvgIpc) is 3.34. The molecule has 0 bridgehead atoms. The van der Waals surface area contributed by atoms with Crippen LogP contribution in [0.2, 0.25) is 0 Å². The van der Waals surface area contributed by atoms with E-state index in [0.29, 0.717) is 6.54 Å². The quantitative estimate of drug-likeness (QED) is 0.718. The number of Topliss-reactive ketones (excluding diaryl/α,β-unsaturated/α-hetero) is 1. The molecule has 0 aliphatic carbocycles. The third-order valence-corrected chi connectivity index (χ3v) is 6.11. The molecule has 2 aromatic rings. The predicted molar refractivity (Wildman–Crippen MR) is 100 cm³/mol. The second-order valence-corrected chi connectivity index (χ2v) is 7.81. The summed E-state index contributed by atoms with van der Waals surface area (Å²) in [7, 11) is 0. The van der Waals surface area contributed by atoms with Crippen molar-refractivity contribution in [2.45, 2.75) is 18.9 Å². The minimum absolute atomic E-state index is 0.0353. The first-order valence-electron chi connectivity index (χ1n) is 8.42. The Bertz CT molecular complexity index is 665. The highest BCUT2D eigenvalue weighted by Gasteiger charge is 2.24. The van der Waals surface area contributed by atoms with Crippen molar-refractivity contribution in [3.8, 4) is 0 Å². The molecular weight excluding hydrogens is 356 g/mol. The smallest absolute Gasteiger partial charge is 0.220 e. The summed E-state index contributed by atoms with van der Waals surface area (Å²) < 4.78 is 5.43. The fourth-order valence-electron chi connectivity index (χ4n) is 2.87. The lowest BCUT2D eigenvalue weighted by atomic mass is 10.1. The molecule has 1 amide bonds. The second-order valence-electron chi connectivity index (χ2n) is 5.88. The number of amides is 1. The van der Waals surface area contributed by atoms with Gasteiger partial charge in [-0.1, -0.05) is 12.1 Å². The third-order valence-electron chi connectivity index (χ3n) is 4.23. The monoisotopic (exact) mass is 378 g/mol. The van der Waals surface area contributed by atoms with E-state index in [9.17, 15) is 9.59 Å². The zero-order valence-corrected chi connectivity index (χ0v) is 15.6. The van der Waals surface area contributed by atoms with Crippen LogP contribution >= 0.6 is 22.7 Å². The second kappa shape index (κ2) is 9.24. The highest BCUT2D eigenvalue weighted by atomic mass is 32.1. The van der Waals surface area contributed by atoms with E-state index < -0.39 is 0 Å². The normalized spacial score (nSPS) is 16.5. The van der Waals surface area contributed by atoms with Crippen molar-refractivity contribution in [2.75, 3.05) is 32.8 Å². The van der Waals surface area contributed by atoms with Crippen molar-refractivity contribution in [3.63, 3.8) is 0 Å². The first-order valence-corrected chi connectivity index (χ1v) is 10.2. The molecule has 1 aliphatic heterocycles. The molecule has 3 heterocycles. The minimum Gasteiger partial charge on any atom is -0.379 e. The van der Waals surface area contributed by atoms with E-state index in [2.05, 4.69) is 21.7 Å². The number of rotatable bonds is 8. The fourth-order valence-corrected chi connectivity index (χ4v) is 4.42. The van der Waals surface area contributed by atoms with Crippen molar-refractivity contribution >= 4 is 34.4 Å². The summed E-state index contributed by atoms with van der Waals surface area (Å²) in [5.74, 6) is -0.0344. The van der Waals surface area contributed by atoms with Gasteiger partial charge in [-0.05, 0) is 22.9 Å². The lowest BCUT2D eigenvalue weighted by Gasteiger charge is -2.34. The van der Waals surface area contributed by atoms with Gasteiger partial charge in [0.25, 0.3) is 0 Å². The summed E-state index contributed by atoms with van der Waals surface area (Å²) >= 11 is 3.13. The summed E-state index contributed by atoms with van der Waals surface area (Å²) in [6, 6.07) is 7.97. The lowest BCUT2D eigenvalue weighted by Crippen LogP contribution is -2.43. The molecule has 25 heavy (non-hydrogen) atoms. The summed E-state index contributed by atoms with van der Waals surface area (Å²) in [5, 5.41) is 6.94. The van der Waals surface area contributed by atoms with Gasteiger partial charge in [0.05, 0.1) is 24.1 Å². The van der Waals surface area contributed by atoms with E-state index in [1.54, 1.807) is 17.4 Å². The molecule has 0 unspecified atom stereocenters. The molecule has 1 aliphatic rings. The molecule has 2 aromatic heterocycles. The zero-order valence-electron chi connectivity index (χ0n) is 14.0. The Hall–Kier alpha value is -1.54. The maximum Gasteiger partial charge on any atom is 0.220 e. The van der Waals surface area contributed by atoms with Gasteiger partial charge in [-0.2, -0.15) is 0 Å². The molecule has 1 N–H and O–H groups in total. The molecule has 1 fully saturated rings. The maximum absolute atomic E-state index is 12.2. The number of nitrogens with one attached hydrogen (secondary N) is 1. The van der Waals surface area contributed by atoms with Gasteiger partial charge in [-0.3, -0.25) is 14.5 Å². The van der Waals surface area contributed by atoms with Crippen LogP contribution in [0.4, 0.5) is 0 Å². The van der Waals surface area contributed by atoms with Crippen LogP contribution in [0.25, 0.3) is 0 Å². The molecular formula is C18H22N2O3S2. The first-order chi connectivity index (χ1) is 12.2. The number of morpholine rings is 1. The minimum atomic E-state index is -0.0697. The zero-order chi connectivity index (χ0) is 17.5. The molecule has 0 radical (unpaired) electrons. The summed E-state index contributed by atoms with van der Waals surface area (Å²) in [6.07, 6.45) is 0.491. The Labute approximate surface area is 155 Å². The molecule has 3 rings (SSSR count). The molecule has 1 saturated heterocycles. The van der Waals surface area contributed by atoms with Gasteiger partial charge in [0.1, 0.15) is 0 Å². The third kappa shape index (κ3) is 5.22. The lowest BCUT2D eigenvalue weighted by molar-refractivity contribution is -0.121. The van der Waals surface area contributed by atoms with Crippen LogP contribution in [0.15, 0.2) is 35.0 Å². The number of ether oxygens (including phenoxy) is 1. The van der Waals surface area contributed by atoms with Gasteiger partial charge >= 0.3 is 0 Å². The van der Waals surface area contributed by atoms with E-state index in [1.165, 1.54) is 16.2 Å². The fraction of sp³-hybridized carbons (Fsp3) is 0.444.